The molecule has 2 amide bonds. The van der Waals surface area contributed by atoms with Crippen molar-refractivity contribution in [2.45, 2.75) is 26.3 Å². The van der Waals surface area contributed by atoms with E-state index in [4.69, 9.17) is 0 Å². The number of amides is 2. The van der Waals surface area contributed by atoms with Crippen LogP contribution in [0.3, 0.4) is 0 Å². The summed E-state index contributed by atoms with van der Waals surface area (Å²) in [5, 5.41) is 5.29. The van der Waals surface area contributed by atoms with Crippen LogP contribution in [0.4, 0.5) is 0 Å². The van der Waals surface area contributed by atoms with Gasteiger partial charge in [-0.1, -0.05) is 0 Å². The van der Waals surface area contributed by atoms with Crippen LogP contribution in [0, 0.1) is 0 Å². The van der Waals surface area contributed by atoms with Gasteiger partial charge in [-0.3, -0.25) is 9.59 Å². The van der Waals surface area contributed by atoms with Crippen molar-refractivity contribution in [3.8, 4) is 0 Å². The van der Waals surface area contributed by atoms with Gasteiger partial charge in [0.15, 0.2) is 0 Å². The first-order chi connectivity index (χ1) is 6.56. The Bertz CT molecular complexity index is 192. The molecule has 0 spiro atoms. The Hall–Kier alpha value is -1.10. The maximum atomic E-state index is 11.1. The molecular formula is C9H18N2O3. The SMILES string of the molecule is COCC(=O)NCCC(=O)NC(C)C. The van der Waals surface area contributed by atoms with Crippen LogP contribution in [0.25, 0.3) is 0 Å². The first-order valence-corrected chi connectivity index (χ1v) is 4.61. The summed E-state index contributed by atoms with van der Waals surface area (Å²) in [5.41, 5.74) is 0. The summed E-state index contributed by atoms with van der Waals surface area (Å²) >= 11 is 0. The van der Waals surface area contributed by atoms with Gasteiger partial charge in [0.1, 0.15) is 6.61 Å². The van der Waals surface area contributed by atoms with Crippen LogP contribution in [0.2, 0.25) is 0 Å². The van der Waals surface area contributed by atoms with E-state index in [9.17, 15) is 9.59 Å². The Morgan fingerprint density at radius 3 is 2.43 bits per heavy atom. The molecule has 5 nitrogen and oxygen atoms in total. The minimum Gasteiger partial charge on any atom is -0.375 e. The van der Waals surface area contributed by atoms with Crippen LogP contribution in [0.15, 0.2) is 0 Å². The van der Waals surface area contributed by atoms with Crippen molar-refractivity contribution in [3.63, 3.8) is 0 Å². The van der Waals surface area contributed by atoms with Gasteiger partial charge >= 0.3 is 0 Å². The summed E-state index contributed by atoms with van der Waals surface area (Å²) in [5.74, 6) is -0.262. The zero-order chi connectivity index (χ0) is 11.0. The third kappa shape index (κ3) is 7.54. The van der Waals surface area contributed by atoms with Gasteiger partial charge < -0.3 is 15.4 Å². The Morgan fingerprint density at radius 2 is 1.93 bits per heavy atom. The fourth-order valence-corrected chi connectivity index (χ4v) is 0.892. The molecule has 0 aliphatic carbocycles. The molecule has 14 heavy (non-hydrogen) atoms. The van der Waals surface area contributed by atoms with E-state index in [-0.39, 0.29) is 24.5 Å². The zero-order valence-corrected chi connectivity index (χ0v) is 8.92. The normalized spacial score (nSPS) is 10.0. The molecule has 0 aliphatic heterocycles. The van der Waals surface area contributed by atoms with Gasteiger partial charge in [-0.05, 0) is 13.8 Å². The average molecular weight is 202 g/mol. The molecular weight excluding hydrogens is 184 g/mol. The predicted octanol–water partition coefficient (Wildman–Crippen LogP) is -0.336. The van der Waals surface area contributed by atoms with E-state index in [1.54, 1.807) is 0 Å². The van der Waals surface area contributed by atoms with Crippen molar-refractivity contribution in [1.29, 1.82) is 0 Å². The number of rotatable bonds is 6. The number of hydrogen-bond donors (Lipinski definition) is 2. The average Bonchev–Trinajstić information content (AvgIpc) is 2.02. The third-order valence-corrected chi connectivity index (χ3v) is 1.40. The van der Waals surface area contributed by atoms with Gasteiger partial charge in [0, 0.05) is 26.1 Å². The molecule has 0 saturated carbocycles. The van der Waals surface area contributed by atoms with E-state index in [0.29, 0.717) is 13.0 Å². The minimum atomic E-state index is -0.204. The van der Waals surface area contributed by atoms with Crippen LogP contribution in [0.5, 0.6) is 0 Å². The number of nitrogens with one attached hydrogen (secondary N) is 2. The second-order valence-corrected chi connectivity index (χ2v) is 3.26. The number of carbonyl (C=O) groups excluding carboxylic acids is 2. The van der Waals surface area contributed by atoms with Crippen molar-refractivity contribution in [2.24, 2.45) is 0 Å². The molecule has 0 bridgehead atoms. The molecule has 2 N–H and O–H groups in total. The first kappa shape index (κ1) is 12.9. The molecule has 0 fully saturated rings. The van der Waals surface area contributed by atoms with Gasteiger partial charge in [0.25, 0.3) is 0 Å². The smallest absolute Gasteiger partial charge is 0.245 e. The monoisotopic (exact) mass is 202 g/mol. The Morgan fingerprint density at radius 1 is 1.29 bits per heavy atom. The van der Waals surface area contributed by atoms with E-state index in [2.05, 4.69) is 15.4 Å². The highest BCUT2D eigenvalue weighted by Gasteiger charge is 2.04. The minimum absolute atomic E-state index is 0.0335. The van der Waals surface area contributed by atoms with Crippen molar-refractivity contribution >= 4 is 11.8 Å². The quantitative estimate of drug-likeness (QED) is 0.619. The second-order valence-electron chi connectivity index (χ2n) is 3.26. The lowest BCUT2D eigenvalue weighted by molar-refractivity contribution is -0.125. The lowest BCUT2D eigenvalue weighted by Crippen LogP contribution is -2.35. The Kier molecular flexibility index (Phi) is 6.74. The zero-order valence-electron chi connectivity index (χ0n) is 8.92. The van der Waals surface area contributed by atoms with Gasteiger partial charge in [0.05, 0.1) is 0 Å². The largest absolute Gasteiger partial charge is 0.375 e. The van der Waals surface area contributed by atoms with Gasteiger partial charge in [-0.25, -0.2) is 0 Å². The van der Waals surface area contributed by atoms with Crippen LogP contribution in [-0.2, 0) is 14.3 Å². The molecule has 0 saturated heterocycles. The standard InChI is InChI=1S/C9H18N2O3/c1-7(2)11-8(12)4-5-10-9(13)6-14-3/h7H,4-6H2,1-3H3,(H,10,13)(H,11,12). The van der Waals surface area contributed by atoms with Crippen LogP contribution in [-0.4, -0.2) is 38.1 Å². The topological polar surface area (TPSA) is 67.4 Å². The number of methoxy groups -OCH3 is 1. The van der Waals surface area contributed by atoms with Crippen molar-refractivity contribution in [1.82, 2.24) is 10.6 Å². The highest BCUT2D eigenvalue weighted by molar-refractivity contribution is 5.79. The summed E-state index contributed by atoms with van der Waals surface area (Å²) < 4.78 is 4.61. The third-order valence-electron chi connectivity index (χ3n) is 1.40. The van der Waals surface area contributed by atoms with Crippen molar-refractivity contribution < 1.29 is 14.3 Å². The van der Waals surface area contributed by atoms with Gasteiger partial charge in [0.2, 0.25) is 11.8 Å². The number of hydrogen-bond acceptors (Lipinski definition) is 3. The van der Waals surface area contributed by atoms with E-state index in [1.165, 1.54) is 7.11 Å². The molecule has 0 aromatic rings. The Labute approximate surface area is 84.2 Å². The molecule has 5 heteroatoms. The van der Waals surface area contributed by atoms with E-state index >= 15 is 0 Å². The molecule has 0 unspecified atom stereocenters. The lowest BCUT2D eigenvalue weighted by atomic mass is 10.3. The number of carbonyl (C=O) groups is 2. The molecule has 82 valence electrons. The molecule has 0 rings (SSSR count). The molecule has 0 radical (unpaired) electrons. The van der Waals surface area contributed by atoms with Crippen LogP contribution < -0.4 is 10.6 Å². The second kappa shape index (κ2) is 7.32. The summed E-state index contributed by atoms with van der Waals surface area (Å²) in [6.07, 6.45) is 0.299. The summed E-state index contributed by atoms with van der Waals surface area (Å²) in [7, 11) is 1.45. The predicted molar refractivity (Wildman–Crippen MR) is 52.8 cm³/mol. The Balaban J connectivity index is 3.44. The maximum Gasteiger partial charge on any atom is 0.245 e. The summed E-state index contributed by atoms with van der Waals surface area (Å²) in [6, 6.07) is 0.136. The molecule has 0 heterocycles. The fourth-order valence-electron chi connectivity index (χ4n) is 0.892. The van der Waals surface area contributed by atoms with Crippen LogP contribution in [0.1, 0.15) is 20.3 Å². The lowest BCUT2D eigenvalue weighted by Gasteiger charge is -2.08. The first-order valence-electron chi connectivity index (χ1n) is 4.61. The van der Waals surface area contributed by atoms with Gasteiger partial charge in [-0.2, -0.15) is 0 Å². The van der Waals surface area contributed by atoms with Crippen molar-refractivity contribution in [3.05, 3.63) is 0 Å². The molecule has 0 aromatic carbocycles. The van der Waals surface area contributed by atoms with Crippen LogP contribution >= 0.6 is 0 Å². The van der Waals surface area contributed by atoms with Crippen molar-refractivity contribution in [2.75, 3.05) is 20.3 Å². The number of ether oxygens (including phenoxy) is 1. The van der Waals surface area contributed by atoms with E-state index < -0.39 is 0 Å². The molecule has 0 atom stereocenters. The molecule has 0 aromatic heterocycles. The summed E-state index contributed by atoms with van der Waals surface area (Å²) in [4.78, 5) is 22.0. The van der Waals surface area contributed by atoms with E-state index in [1.807, 2.05) is 13.8 Å². The van der Waals surface area contributed by atoms with E-state index in [0.717, 1.165) is 0 Å². The van der Waals surface area contributed by atoms with Gasteiger partial charge in [-0.15, -0.1) is 0 Å². The highest BCUT2D eigenvalue weighted by Crippen LogP contribution is 1.82. The molecule has 0 aliphatic rings. The maximum absolute atomic E-state index is 11.1. The summed E-state index contributed by atoms with van der Waals surface area (Å²) in [6.45, 7) is 4.16. The highest BCUT2D eigenvalue weighted by atomic mass is 16.5. The fraction of sp³-hybridized carbons (Fsp3) is 0.778.